The molecule has 4 fully saturated rings. The molecule has 0 aliphatic heterocycles. The summed E-state index contributed by atoms with van der Waals surface area (Å²) in [7, 11) is 2.99. The van der Waals surface area contributed by atoms with Crippen molar-refractivity contribution < 1.29 is 33.8 Å². The van der Waals surface area contributed by atoms with Crippen LogP contribution in [0.5, 0.6) is 5.75 Å². The lowest BCUT2D eigenvalue weighted by Crippen LogP contribution is -2.67. The van der Waals surface area contributed by atoms with Crippen LogP contribution < -0.4 is 21.7 Å². The standard InChI is InChI=1S/C38H51N5O7S.ClH/c1-43(32(45)22-40-34(47)30(13-14-51-3)41-33(46)29(39)16-25-9-11-28(44)12-10-25)31(17-24-7-5-4-6-8-24)35(48)42-38-20-26-15-27(21-38)19-37(18-26,23-38)36(49)50-2;/h4-12,26-27,29-31,44H,13-23,39H2,1-3H3,(H,40,47)(H,41,46)(H,42,48);1H/t26?,27?,29-,30+,31-,37?,38?;/m0./s1. The number of aromatic hydroxyl groups is 1. The number of benzene rings is 2. The zero-order valence-electron chi connectivity index (χ0n) is 30.1. The number of phenols is 1. The number of amides is 4. The molecule has 6 rings (SSSR count). The van der Waals surface area contributed by atoms with Crippen LogP contribution in [0, 0.1) is 17.3 Å². The van der Waals surface area contributed by atoms with Crippen molar-refractivity contribution in [1.29, 1.82) is 0 Å². The van der Waals surface area contributed by atoms with Crippen LogP contribution in [0.15, 0.2) is 54.6 Å². The number of hydrogen-bond acceptors (Lipinski definition) is 9. The first-order chi connectivity index (χ1) is 24.4. The number of likely N-dealkylation sites (N-methyl/N-ethyl adjacent to an activating group) is 1. The lowest BCUT2D eigenvalue weighted by atomic mass is 9.47. The summed E-state index contributed by atoms with van der Waals surface area (Å²) >= 11 is 1.52. The first-order valence-electron chi connectivity index (χ1n) is 17.7. The van der Waals surface area contributed by atoms with Gasteiger partial charge in [-0.05, 0) is 98.5 Å². The Balaban J connectivity index is 0.00000605. The van der Waals surface area contributed by atoms with Gasteiger partial charge < -0.3 is 36.4 Å². The molecular weight excluding hydrogens is 706 g/mol. The Bertz CT molecular complexity index is 1570. The number of carbonyl (C=O) groups is 5. The fourth-order valence-electron chi connectivity index (χ4n) is 8.80. The Hall–Kier alpha value is -3.81. The molecule has 4 aliphatic carbocycles. The molecule has 0 saturated heterocycles. The van der Waals surface area contributed by atoms with E-state index in [2.05, 4.69) is 16.0 Å². The van der Waals surface area contributed by atoms with E-state index < -0.39 is 46.8 Å². The van der Waals surface area contributed by atoms with Crippen molar-refractivity contribution in [2.45, 2.75) is 81.5 Å². The van der Waals surface area contributed by atoms with Crippen LogP contribution in [0.1, 0.15) is 56.1 Å². The zero-order valence-corrected chi connectivity index (χ0v) is 31.7. The maximum Gasteiger partial charge on any atom is 0.311 e. The number of carbonyl (C=O) groups excluding carboxylic acids is 5. The summed E-state index contributed by atoms with van der Waals surface area (Å²) in [5.41, 5.74) is 6.65. The minimum Gasteiger partial charge on any atom is -0.508 e. The highest BCUT2D eigenvalue weighted by Gasteiger charge is 2.62. The van der Waals surface area contributed by atoms with Gasteiger partial charge in [0.25, 0.3) is 0 Å². The van der Waals surface area contributed by atoms with E-state index in [4.69, 9.17) is 10.5 Å². The van der Waals surface area contributed by atoms with Crippen molar-refractivity contribution in [2.24, 2.45) is 23.0 Å². The zero-order chi connectivity index (χ0) is 36.8. The monoisotopic (exact) mass is 757 g/mol. The lowest BCUT2D eigenvalue weighted by Gasteiger charge is -2.61. The van der Waals surface area contributed by atoms with E-state index in [1.54, 1.807) is 19.2 Å². The first kappa shape index (κ1) is 41.0. The second-order valence-electron chi connectivity index (χ2n) is 14.8. The molecular formula is C38H52ClN5O7S. The minimum absolute atomic E-state index is 0. The highest BCUT2D eigenvalue weighted by atomic mass is 35.5. The summed E-state index contributed by atoms with van der Waals surface area (Å²) in [6, 6.07) is 13.1. The molecule has 4 amide bonds. The fourth-order valence-corrected chi connectivity index (χ4v) is 9.27. The number of rotatable bonds is 16. The molecule has 4 saturated carbocycles. The molecule has 4 aliphatic rings. The Kier molecular flexibility index (Phi) is 14.0. The molecule has 2 aromatic carbocycles. The molecule has 12 nitrogen and oxygen atoms in total. The van der Waals surface area contributed by atoms with Crippen LogP contribution in [0.2, 0.25) is 0 Å². The summed E-state index contributed by atoms with van der Waals surface area (Å²) in [5.74, 6) is -0.651. The third kappa shape index (κ3) is 9.78. The Morgan fingerprint density at radius 1 is 0.942 bits per heavy atom. The summed E-state index contributed by atoms with van der Waals surface area (Å²) < 4.78 is 5.25. The lowest BCUT2D eigenvalue weighted by molar-refractivity contribution is -0.173. The molecule has 5 atom stereocenters. The first-order valence-corrected chi connectivity index (χ1v) is 19.1. The number of esters is 1. The number of ether oxygens (including phenoxy) is 1. The summed E-state index contributed by atoms with van der Waals surface area (Å²) in [5, 5.41) is 18.3. The highest BCUT2D eigenvalue weighted by molar-refractivity contribution is 7.98. The maximum absolute atomic E-state index is 14.2. The van der Waals surface area contributed by atoms with Crippen LogP contribution in [-0.4, -0.2) is 96.0 Å². The fraction of sp³-hybridized carbons (Fsp3) is 0.553. The summed E-state index contributed by atoms with van der Waals surface area (Å²) in [6.45, 7) is -0.375. The van der Waals surface area contributed by atoms with Gasteiger partial charge in [0.2, 0.25) is 23.6 Å². The molecule has 284 valence electrons. The molecule has 0 heterocycles. The van der Waals surface area contributed by atoms with Crippen molar-refractivity contribution in [3.8, 4) is 5.75 Å². The van der Waals surface area contributed by atoms with E-state index in [-0.39, 0.29) is 49.4 Å². The van der Waals surface area contributed by atoms with Crippen molar-refractivity contribution >= 4 is 53.8 Å². The number of hydrogen-bond donors (Lipinski definition) is 5. The van der Waals surface area contributed by atoms with Crippen LogP contribution in [0.3, 0.4) is 0 Å². The number of halogens is 1. The van der Waals surface area contributed by atoms with Crippen molar-refractivity contribution in [1.82, 2.24) is 20.9 Å². The average molecular weight is 758 g/mol. The van der Waals surface area contributed by atoms with Gasteiger partial charge in [0.1, 0.15) is 17.8 Å². The molecule has 6 N–H and O–H groups in total. The number of thioether (sulfide) groups is 1. The van der Waals surface area contributed by atoms with Gasteiger partial charge in [0, 0.05) is 19.0 Å². The summed E-state index contributed by atoms with van der Waals surface area (Å²) in [6.07, 6.45) is 7.41. The largest absolute Gasteiger partial charge is 0.508 e. The predicted octanol–water partition coefficient (Wildman–Crippen LogP) is 2.74. The average Bonchev–Trinajstić information content (AvgIpc) is 3.10. The van der Waals surface area contributed by atoms with Gasteiger partial charge in [-0.3, -0.25) is 24.0 Å². The maximum atomic E-state index is 14.2. The van der Waals surface area contributed by atoms with Crippen LogP contribution in [-0.2, 0) is 41.6 Å². The highest BCUT2D eigenvalue weighted by Crippen LogP contribution is 2.62. The van der Waals surface area contributed by atoms with Crippen LogP contribution >= 0.6 is 24.2 Å². The number of nitrogens with one attached hydrogen (secondary N) is 3. The van der Waals surface area contributed by atoms with E-state index in [0.29, 0.717) is 30.4 Å². The summed E-state index contributed by atoms with van der Waals surface area (Å²) in [4.78, 5) is 68.6. The quantitative estimate of drug-likeness (QED) is 0.161. The Morgan fingerprint density at radius 3 is 2.19 bits per heavy atom. The van der Waals surface area contributed by atoms with Crippen LogP contribution in [0.25, 0.3) is 0 Å². The van der Waals surface area contributed by atoms with Gasteiger partial charge in [0.15, 0.2) is 0 Å². The van der Waals surface area contributed by atoms with Gasteiger partial charge >= 0.3 is 5.97 Å². The second-order valence-corrected chi connectivity index (χ2v) is 15.7. The topological polar surface area (TPSA) is 180 Å². The number of nitrogens with zero attached hydrogens (tertiary/aromatic N) is 1. The molecule has 52 heavy (non-hydrogen) atoms. The van der Waals surface area contributed by atoms with E-state index >= 15 is 0 Å². The number of phenolic OH excluding ortho intramolecular Hbond substituents is 1. The molecule has 0 aromatic heterocycles. The van der Waals surface area contributed by atoms with Crippen molar-refractivity contribution in [3.05, 3.63) is 65.7 Å². The predicted molar refractivity (Wildman–Crippen MR) is 202 cm³/mol. The van der Waals surface area contributed by atoms with Gasteiger partial charge in [-0.25, -0.2) is 0 Å². The minimum atomic E-state index is -0.930. The number of methoxy groups -OCH3 is 1. The van der Waals surface area contributed by atoms with Crippen molar-refractivity contribution in [2.75, 3.05) is 32.7 Å². The second kappa shape index (κ2) is 17.8. The third-order valence-corrected chi connectivity index (χ3v) is 11.5. The van der Waals surface area contributed by atoms with Gasteiger partial charge in [-0.1, -0.05) is 42.5 Å². The van der Waals surface area contributed by atoms with Gasteiger partial charge in [-0.15, -0.1) is 12.4 Å². The smallest absolute Gasteiger partial charge is 0.311 e. The number of nitrogens with two attached hydrogens (primary N) is 1. The Morgan fingerprint density at radius 2 is 1.58 bits per heavy atom. The van der Waals surface area contributed by atoms with Gasteiger partial charge in [-0.2, -0.15) is 11.8 Å². The Labute approximate surface area is 316 Å². The van der Waals surface area contributed by atoms with Gasteiger partial charge in [0.05, 0.1) is 25.1 Å². The SMILES string of the molecule is COC(=O)C12CC3CC(CC(NC(=O)[C@H](Cc4ccccc4)N(C)C(=O)CNC(=O)[C@@H](CCSC)NC(=O)[C@@H](N)Cc4ccc(O)cc4)(C3)C1)C2.Cl. The molecule has 2 aromatic rings. The van der Waals surface area contributed by atoms with E-state index in [1.807, 2.05) is 36.6 Å². The molecule has 0 spiro atoms. The normalized spacial score (nSPS) is 24.4. The van der Waals surface area contributed by atoms with Crippen molar-refractivity contribution in [3.63, 3.8) is 0 Å². The molecule has 4 bridgehead atoms. The van der Waals surface area contributed by atoms with E-state index in [1.165, 1.54) is 35.9 Å². The molecule has 2 unspecified atom stereocenters. The van der Waals surface area contributed by atoms with E-state index in [0.717, 1.165) is 43.2 Å². The third-order valence-electron chi connectivity index (χ3n) is 10.9. The molecule has 14 heteroatoms. The van der Waals surface area contributed by atoms with E-state index in [9.17, 15) is 29.1 Å². The molecule has 0 radical (unpaired) electrons. The van der Waals surface area contributed by atoms with Crippen LogP contribution in [0.4, 0.5) is 0 Å².